The highest BCUT2D eigenvalue weighted by molar-refractivity contribution is 5.44. The topological polar surface area (TPSA) is 21.3 Å². The van der Waals surface area contributed by atoms with Crippen LogP contribution < -0.4 is 10.1 Å². The van der Waals surface area contributed by atoms with Gasteiger partial charge in [0.2, 0.25) is 0 Å². The second-order valence-corrected chi connectivity index (χ2v) is 6.74. The molecule has 1 saturated heterocycles. The average Bonchev–Trinajstić information content (AvgIpc) is 3.23. The van der Waals surface area contributed by atoms with Crippen LogP contribution in [0.25, 0.3) is 0 Å². The summed E-state index contributed by atoms with van der Waals surface area (Å²) in [6.07, 6.45) is 6.53. The zero-order valence-corrected chi connectivity index (χ0v) is 12.9. The summed E-state index contributed by atoms with van der Waals surface area (Å²) in [4.78, 5) is 0. The van der Waals surface area contributed by atoms with Gasteiger partial charge in [0, 0.05) is 0 Å². The van der Waals surface area contributed by atoms with Crippen molar-refractivity contribution in [2.75, 3.05) is 19.7 Å². The summed E-state index contributed by atoms with van der Waals surface area (Å²) in [7, 11) is 0. The molecule has 1 aromatic carbocycles. The monoisotopic (exact) mass is 273 g/mol. The molecule has 1 aliphatic heterocycles. The molecule has 20 heavy (non-hydrogen) atoms. The van der Waals surface area contributed by atoms with E-state index in [0.717, 1.165) is 31.4 Å². The first-order valence-corrected chi connectivity index (χ1v) is 8.16. The van der Waals surface area contributed by atoms with Gasteiger partial charge in [0.25, 0.3) is 0 Å². The molecule has 0 radical (unpaired) electrons. The summed E-state index contributed by atoms with van der Waals surface area (Å²) in [5.74, 6) is 2.76. The minimum absolute atomic E-state index is 0.772. The molecule has 0 bridgehead atoms. The Labute approximate surface area is 122 Å². The Balaban J connectivity index is 1.74. The molecule has 1 unspecified atom stereocenters. The van der Waals surface area contributed by atoms with Crippen LogP contribution in [0.5, 0.6) is 5.75 Å². The number of rotatable bonds is 5. The van der Waals surface area contributed by atoms with E-state index in [-0.39, 0.29) is 0 Å². The van der Waals surface area contributed by atoms with Crippen molar-refractivity contribution in [3.63, 3.8) is 0 Å². The predicted octanol–water partition coefficient (Wildman–Crippen LogP) is 3.63. The number of ether oxygens (including phenoxy) is 1. The largest absolute Gasteiger partial charge is 0.493 e. The number of aryl methyl sites for hydroxylation is 2. The van der Waals surface area contributed by atoms with Gasteiger partial charge in [-0.1, -0.05) is 17.7 Å². The molecule has 1 heterocycles. The van der Waals surface area contributed by atoms with Crippen molar-refractivity contribution in [3.05, 3.63) is 28.8 Å². The first-order valence-electron chi connectivity index (χ1n) is 8.16. The third kappa shape index (κ3) is 3.54. The van der Waals surface area contributed by atoms with Crippen LogP contribution in [0.15, 0.2) is 12.1 Å². The summed E-state index contributed by atoms with van der Waals surface area (Å²) in [6, 6.07) is 4.59. The summed E-state index contributed by atoms with van der Waals surface area (Å²) >= 11 is 0. The van der Waals surface area contributed by atoms with Gasteiger partial charge in [-0.2, -0.15) is 0 Å². The first-order chi connectivity index (χ1) is 9.72. The van der Waals surface area contributed by atoms with Crippen LogP contribution in [0.1, 0.15) is 42.4 Å². The van der Waals surface area contributed by atoms with Gasteiger partial charge >= 0.3 is 0 Å². The fourth-order valence-electron chi connectivity index (χ4n) is 3.30. The summed E-state index contributed by atoms with van der Waals surface area (Å²) in [6.45, 7) is 7.65. The first kappa shape index (κ1) is 13.9. The molecule has 0 aromatic heterocycles. The summed E-state index contributed by atoms with van der Waals surface area (Å²) < 4.78 is 6.17. The Bertz CT molecular complexity index is 459. The second-order valence-electron chi connectivity index (χ2n) is 6.74. The van der Waals surface area contributed by atoms with Crippen LogP contribution in [0.2, 0.25) is 0 Å². The molecule has 0 amide bonds. The van der Waals surface area contributed by atoms with E-state index < -0.39 is 0 Å². The van der Waals surface area contributed by atoms with E-state index >= 15 is 0 Å². The molecule has 3 rings (SSSR count). The van der Waals surface area contributed by atoms with Gasteiger partial charge in [-0.3, -0.25) is 0 Å². The molecule has 1 aliphatic carbocycles. The zero-order valence-electron chi connectivity index (χ0n) is 12.9. The third-order valence-electron chi connectivity index (χ3n) is 4.56. The Morgan fingerprint density at radius 1 is 1.15 bits per heavy atom. The zero-order chi connectivity index (χ0) is 13.9. The molecule has 1 saturated carbocycles. The van der Waals surface area contributed by atoms with E-state index in [9.17, 15) is 0 Å². The maximum atomic E-state index is 6.17. The van der Waals surface area contributed by atoms with Crippen molar-refractivity contribution < 1.29 is 4.74 Å². The van der Waals surface area contributed by atoms with Gasteiger partial charge in [0.05, 0.1) is 6.61 Å². The third-order valence-corrected chi connectivity index (χ3v) is 4.56. The molecule has 1 aromatic rings. The van der Waals surface area contributed by atoms with Crippen molar-refractivity contribution in [2.24, 2.45) is 11.8 Å². The smallest absolute Gasteiger partial charge is 0.125 e. The van der Waals surface area contributed by atoms with Crippen molar-refractivity contribution in [1.82, 2.24) is 5.32 Å². The normalized spacial score (nSPS) is 22.8. The van der Waals surface area contributed by atoms with Gasteiger partial charge in [0.1, 0.15) is 5.75 Å². The number of hydrogen-bond donors (Lipinski definition) is 1. The van der Waals surface area contributed by atoms with Crippen molar-refractivity contribution in [1.29, 1.82) is 0 Å². The molecule has 1 atom stereocenters. The highest BCUT2D eigenvalue weighted by atomic mass is 16.5. The van der Waals surface area contributed by atoms with Crippen molar-refractivity contribution in [2.45, 2.75) is 46.0 Å². The van der Waals surface area contributed by atoms with Crippen molar-refractivity contribution >= 4 is 0 Å². The van der Waals surface area contributed by atoms with Crippen molar-refractivity contribution in [3.8, 4) is 5.75 Å². The Morgan fingerprint density at radius 3 is 2.70 bits per heavy atom. The van der Waals surface area contributed by atoms with E-state index in [2.05, 4.69) is 31.3 Å². The Hall–Kier alpha value is -1.02. The molecule has 110 valence electrons. The van der Waals surface area contributed by atoms with E-state index in [1.807, 2.05) is 0 Å². The maximum absolute atomic E-state index is 6.17. The lowest BCUT2D eigenvalue weighted by molar-refractivity contribution is 0.290. The minimum atomic E-state index is 0.772. The predicted molar refractivity (Wildman–Crippen MR) is 83.4 cm³/mol. The lowest BCUT2D eigenvalue weighted by Gasteiger charge is -2.24. The highest BCUT2D eigenvalue weighted by Crippen LogP contribution is 2.33. The molecule has 2 aliphatic rings. The second kappa shape index (κ2) is 6.17. The lowest BCUT2D eigenvalue weighted by Crippen LogP contribution is -2.31. The molecular weight excluding hydrogens is 246 g/mol. The van der Waals surface area contributed by atoms with Gasteiger partial charge in [-0.05, 0) is 82.0 Å². The van der Waals surface area contributed by atoms with Gasteiger partial charge < -0.3 is 10.1 Å². The highest BCUT2D eigenvalue weighted by Gasteiger charge is 2.23. The number of benzene rings is 1. The van der Waals surface area contributed by atoms with Crippen LogP contribution in [0.3, 0.4) is 0 Å². The van der Waals surface area contributed by atoms with E-state index in [0.29, 0.717) is 0 Å². The summed E-state index contributed by atoms with van der Waals surface area (Å²) in [5.41, 5.74) is 4.10. The fraction of sp³-hybridized carbons (Fsp3) is 0.667. The molecule has 0 spiro atoms. The van der Waals surface area contributed by atoms with E-state index in [1.165, 1.54) is 54.7 Å². The standard InChI is InChI=1S/C18H27NO/c1-13-8-14(2)18(20-12-15-5-6-15)17(9-13)10-16-4-3-7-19-11-16/h8-9,15-16,19H,3-7,10-12H2,1-2H3. The van der Waals surface area contributed by atoms with Crippen LogP contribution in [-0.2, 0) is 6.42 Å². The summed E-state index contributed by atoms with van der Waals surface area (Å²) in [5, 5.41) is 3.52. The van der Waals surface area contributed by atoms with E-state index in [4.69, 9.17) is 4.74 Å². The molecular formula is C18H27NO. The quantitative estimate of drug-likeness (QED) is 0.884. The number of hydrogen-bond acceptors (Lipinski definition) is 2. The SMILES string of the molecule is Cc1cc(C)c(OCC2CC2)c(CC2CCCNC2)c1. The maximum Gasteiger partial charge on any atom is 0.125 e. The molecule has 1 N–H and O–H groups in total. The molecule has 2 heteroatoms. The Morgan fingerprint density at radius 2 is 2.00 bits per heavy atom. The fourth-order valence-corrected chi connectivity index (χ4v) is 3.30. The number of nitrogens with one attached hydrogen (secondary N) is 1. The van der Waals surface area contributed by atoms with Gasteiger partial charge in [0.15, 0.2) is 0 Å². The molecule has 2 nitrogen and oxygen atoms in total. The minimum Gasteiger partial charge on any atom is -0.493 e. The Kier molecular flexibility index (Phi) is 4.30. The lowest BCUT2D eigenvalue weighted by atomic mass is 9.90. The number of piperidine rings is 1. The van der Waals surface area contributed by atoms with Crippen LogP contribution in [0, 0.1) is 25.7 Å². The molecule has 2 fully saturated rings. The van der Waals surface area contributed by atoms with Gasteiger partial charge in [-0.25, -0.2) is 0 Å². The van der Waals surface area contributed by atoms with Crippen LogP contribution in [-0.4, -0.2) is 19.7 Å². The van der Waals surface area contributed by atoms with Crippen LogP contribution >= 0.6 is 0 Å². The van der Waals surface area contributed by atoms with Gasteiger partial charge in [-0.15, -0.1) is 0 Å². The average molecular weight is 273 g/mol. The van der Waals surface area contributed by atoms with E-state index in [1.54, 1.807) is 0 Å². The van der Waals surface area contributed by atoms with Crippen LogP contribution in [0.4, 0.5) is 0 Å².